The number of likely N-dealkylation sites (N-methyl/N-ethyl adjacent to an activating group) is 1. The Morgan fingerprint density at radius 2 is 1.53 bits per heavy atom. The van der Waals surface area contributed by atoms with Gasteiger partial charge in [0, 0.05) is 26.1 Å². The van der Waals surface area contributed by atoms with Crippen molar-refractivity contribution in [1.29, 1.82) is 0 Å². The third kappa shape index (κ3) is 18.2. The molecule has 1 fully saturated rings. The molecule has 4 amide bonds. The van der Waals surface area contributed by atoms with E-state index in [-0.39, 0.29) is 44.7 Å². The molecule has 0 aliphatic carbocycles. The number of ether oxygens (including phenoxy) is 5. The Balaban J connectivity index is 1.28. The van der Waals surface area contributed by atoms with Crippen LogP contribution in [0, 0.1) is 12.3 Å². The number of likely N-dealkylation sites (tertiary alicyclic amines) is 1. The summed E-state index contributed by atoms with van der Waals surface area (Å²) in [4.78, 5) is 61.0. The van der Waals surface area contributed by atoms with Gasteiger partial charge in [0.2, 0.25) is 17.7 Å². The number of β-amino-alcohol motifs (C(OH)–C–C–N with tert-alkyl or cyclic N) is 1. The number of aryl methyl sites for hydroxylation is 1. The number of benzene rings is 1. The zero-order valence-electron chi connectivity index (χ0n) is 36.5. The Bertz CT molecular complexity index is 1600. The van der Waals surface area contributed by atoms with E-state index in [4.69, 9.17) is 23.7 Å². The summed E-state index contributed by atoms with van der Waals surface area (Å²) in [5.41, 5.74) is 3.52. The molecule has 4 atom stereocenters. The number of hydrogen-bond acceptors (Lipinski definition) is 13. The maximum absolute atomic E-state index is 13.9. The Hall–Kier alpha value is -3.71. The lowest BCUT2D eigenvalue weighted by atomic mass is 9.85. The number of aliphatic hydroxyl groups is 1. The van der Waals surface area contributed by atoms with E-state index >= 15 is 0 Å². The highest BCUT2D eigenvalue weighted by Gasteiger charge is 2.44. The summed E-state index contributed by atoms with van der Waals surface area (Å²) in [6, 6.07) is 5.72. The predicted molar refractivity (Wildman–Crippen MR) is 226 cm³/mol. The van der Waals surface area contributed by atoms with Crippen LogP contribution in [-0.4, -0.2) is 154 Å². The summed E-state index contributed by atoms with van der Waals surface area (Å²) in [5.74, 6) is -1.29. The fraction of sp³-hybridized carbons (Fsp3) is 0.690. The van der Waals surface area contributed by atoms with E-state index in [0.717, 1.165) is 41.2 Å². The van der Waals surface area contributed by atoms with Crippen molar-refractivity contribution in [1.82, 2.24) is 30.7 Å². The van der Waals surface area contributed by atoms with Gasteiger partial charge in [0.1, 0.15) is 24.3 Å². The van der Waals surface area contributed by atoms with Gasteiger partial charge in [-0.25, -0.2) is 9.78 Å². The number of nitrogens with one attached hydrogen (secondary N) is 3. The van der Waals surface area contributed by atoms with Gasteiger partial charge in [-0.05, 0) is 71.2 Å². The smallest absolute Gasteiger partial charge is 0.407 e. The second-order valence-electron chi connectivity index (χ2n) is 16.9. The van der Waals surface area contributed by atoms with Crippen LogP contribution in [0.5, 0.6) is 0 Å². The first-order valence-corrected chi connectivity index (χ1v) is 21.3. The highest BCUT2D eigenvalue weighted by atomic mass is 32.1. The first kappa shape index (κ1) is 49.7. The second-order valence-corrected chi connectivity index (χ2v) is 17.7. The van der Waals surface area contributed by atoms with Gasteiger partial charge in [-0.15, -0.1) is 11.3 Å². The summed E-state index contributed by atoms with van der Waals surface area (Å²) < 4.78 is 27.4. The Morgan fingerprint density at radius 1 is 0.915 bits per heavy atom. The minimum Gasteiger partial charge on any atom is -0.444 e. The molecule has 1 aliphatic heterocycles. The molecule has 1 aromatic heterocycles. The summed E-state index contributed by atoms with van der Waals surface area (Å²) in [5, 5.41) is 19.1. The van der Waals surface area contributed by atoms with E-state index in [9.17, 15) is 24.3 Å². The van der Waals surface area contributed by atoms with E-state index in [1.165, 1.54) is 4.90 Å². The van der Waals surface area contributed by atoms with Gasteiger partial charge >= 0.3 is 6.09 Å². The first-order chi connectivity index (χ1) is 27.9. The normalized spacial score (nSPS) is 16.8. The summed E-state index contributed by atoms with van der Waals surface area (Å²) in [7, 11) is 2.00. The summed E-state index contributed by atoms with van der Waals surface area (Å²) >= 11 is 1.57. The SMILES string of the molecule is Cc1ncsc1-c1ccc(C(C)NC(=O)[C@@H]2C[C@@H](O)CN2C(=O)C(NC(=O)COCCOCCOCCOCCN(C)CCCNC(=O)OC(C)(C)C)C(C)(C)C)cc1. The van der Waals surface area contributed by atoms with E-state index in [1.54, 1.807) is 11.3 Å². The molecule has 1 aromatic carbocycles. The number of carbonyl (C=O) groups excluding carboxylic acids is 4. The number of rotatable bonds is 24. The fourth-order valence-corrected chi connectivity index (χ4v) is 7.04. The van der Waals surface area contributed by atoms with Gasteiger partial charge in [0.05, 0.1) is 74.5 Å². The van der Waals surface area contributed by atoms with Gasteiger partial charge in [0.25, 0.3) is 0 Å². The molecule has 0 spiro atoms. The number of thiazole rings is 1. The molecular weight excluding hydrogens is 781 g/mol. The van der Waals surface area contributed by atoms with Crippen molar-refractivity contribution >= 4 is 35.2 Å². The average molecular weight is 849 g/mol. The molecule has 1 aliphatic rings. The first-order valence-electron chi connectivity index (χ1n) is 20.4. The molecule has 0 bridgehead atoms. The van der Waals surface area contributed by atoms with E-state index in [2.05, 4.69) is 25.8 Å². The molecular formula is C42H68N6O10S. The Morgan fingerprint density at radius 3 is 2.10 bits per heavy atom. The van der Waals surface area contributed by atoms with Gasteiger partial charge in [-0.2, -0.15) is 0 Å². The molecule has 0 saturated carbocycles. The lowest BCUT2D eigenvalue weighted by molar-refractivity contribution is -0.144. The van der Waals surface area contributed by atoms with Crippen molar-refractivity contribution in [2.45, 2.75) is 98.1 Å². The van der Waals surface area contributed by atoms with Gasteiger partial charge in [-0.3, -0.25) is 14.4 Å². The lowest BCUT2D eigenvalue weighted by Gasteiger charge is -2.35. The fourth-order valence-electron chi connectivity index (χ4n) is 6.23. The van der Waals surface area contributed by atoms with Crippen LogP contribution in [0.25, 0.3) is 10.4 Å². The highest BCUT2D eigenvalue weighted by Crippen LogP contribution is 2.29. The van der Waals surface area contributed by atoms with Crippen LogP contribution >= 0.6 is 11.3 Å². The topological polar surface area (TPSA) is 190 Å². The standard InChI is InChI=1S/C42H68N6O10S/c1-29(31-11-13-32(14-12-31)36-30(2)44-28-59-36)45-38(51)34-25-33(49)26-48(34)39(52)37(41(3,4)5)46-35(50)27-57-24-23-56-22-21-55-20-19-54-18-17-47(9)16-10-15-43-40(53)58-42(6,7)8/h11-14,28-29,33-34,37,49H,10,15-27H2,1-9H3,(H,43,53)(H,45,51)(H,46,50)/t29?,33-,34+,37?/m1/s1. The molecule has 2 unspecified atom stereocenters. The quantitative estimate of drug-likeness (QED) is 0.112. The number of hydrogen-bond donors (Lipinski definition) is 4. The van der Waals surface area contributed by atoms with Crippen LogP contribution in [-0.2, 0) is 38.1 Å². The molecule has 16 nitrogen and oxygen atoms in total. The van der Waals surface area contributed by atoms with Crippen LogP contribution in [0.2, 0.25) is 0 Å². The molecule has 59 heavy (non-hydrogen) atoms. The maximum Gasteiger partial charge on any atom is 0.407 e. The molecule has 2 heterocycles. The Kier molecular flexibility index (Phi) is 20.6. The molecule has 17 heteroatoms. The largest absolute Gasteiger partial charge is 0.444 e. The number of aromatic nitrogens is 1. The monoisotopic (exact) mass is 848 g/mol. The molecule has 2 aromatic rings. The number of aliphatic hydroxyl groups excluding tert-OH is 1. The van der Waals surface area contributed by atoms with Gasteiger partial charge in [0.15, 0.2) is 0 Å². The van der Waals surface area contributed by atoms with Crippen LogP contribution in [0.1, 0.15) is 78.6 Å². The van der Waals surface area contributed by atoms with Crippen LogP contribution in [0.4, 0.5) is 4.79 Å². The maximum atomic E-state index is 13.9. The molecule has 0 radical (unpaired) electrons. The van der Waals surface area contributed by atoms with Gasteiger partial charge in [-0.1, -0.05) is 45.0 Å². The minimum atomic E-state index is -0.961. The van der Waals surface area contributed by atoms with E-state index < -0.39 is 47.1 Å². The lowest BCUT2D eigenvalue weighted by Crippen LogP contribution is -2.58. The molecule has 3 rings (SSSR count). The van der Waals surface area contributed by atoms with E-state index in [0.29, 0.717) is 39.6 Å². The molecule has 4 N–H and O–H groups in total. The number of amides is 4. The number of alkyl carbamates (subject to hydrolysis) is 1. The number of nitrogens with zero attached hydrogens (tertiary/aromatic N) is 3. The van der Waals surface area contributed by atoms with Crippen molar-refractivity contribution in [2.24, 2.45) is 5.41 Å². The summed E-state index contributed by atoms with van der Waals surface area (Å²) in [6.45, 7) is 19.3. The van der Waals surface area contributed by atoms with Crippen molar-refractivity contribution < 1.29 is 48.0 Å². The third-order valence-corrected chi connectivity index (χ3v) is 10.4. The zero-order chi connectivity index (χ0) is 43.6. The zero-order valence-corrected chi connectivity index (χ0v) is 37.3. The molecule has 1 saturated heterocycles. The second kappa shape index (κ2) is 24.5. The highest BCUT2D eigenvalue weighted by molar-refractivity contribution is 7.13. The van der Waals surface area contributed by atoms with Crippen LogP contribution < -0.4 is 16.0 Å². The third-order valence-electron chi connectivity index (χ3n) is 9.41. The van der Waals surface area contributed by atoms with Crippen molar-refractivity contribution in [3.8, 4) is 10.4 Å². The van der Waals surface area contributed by atoms with Crippen molar-refractivity contribution in [3.63, 3.8) is 0 Å². The summed E-state index contributed by atoms with van der Waals surface area (Å²) in [6.07, 6.45) is -0.381. The van der Waals surface area contributed by atoms with Crippen molar-refractivity contribution in [2.75, 3.05) is 86.1 Å². The van der Waals surface area contributed by atoms with E-state index in [1.807, 2.05) is 92.2 Å². The van der Waals surface area contributed by atoms with Crippen LogP contribution in [0.3, 0.4) is 0 Å². The van der Waals surface area contributed by atoms with Gasteiger partial charge < -0.3 is 54.5 Å². The average Bonchev–Trinajstić information content (AvgIpc) is 3.78. The number of carbonyl (C=O) groups is 4. The van der Waals surface area contributed by atoms with Crippen LogP contribution in [0.15, 0.2) is 29.8 Å². The van der Waals surface area contributed by atoms with Crippen molar-refractivity contribution in [3.05, 3.63) is 41.0 Å². The minimum absolute atomic E-state index is 0.0158. The molecule has 332 valence electrons. The predicted octanol–water partition coefficient (Wildman–Crippen LogP) is 3.70. The Labute approximate surface area is 354 Å².